The van der Waals surface area contributed by atoms with Crippen LogP contribution < -0.4 is 29.6 Å². The van der Waals surface area contributed by atoms with E-state index in [1.807, 2.05) is 13.8 Å². The van der Waals surface area contributed by atoms with Crippen LogP contribution in [0.4, 0.5) is 0 Å². The minimum absolute atomic E-state index is 0.163. The molecule has 29 heavy (non-hydrogen) atoms. The van der Waals surface area contributed by atoms with Crippen LogP contribution in [0.2, 0.25) is 0 Å². The monoisotopic (exact) mass is 398 g/mol. The van der Waals surface area contributed by atoms with Gasteiger partial charge in [-0.1, -0.05) is 13.8 Å². The van der Waals surface area contributed by atoms with Crippen LogP contribution in [0.5, 0.6) is 23.0 Å². The molecule has 0 aromatic heterocycles. The van der Waals surface area contributed by atoms with Gasteiger partial charge in [0.15, 0.2) is 23.0 Å². The fraction of sp³-hybridized carbons (Fsp3) is 0.333. The molecule has 2 aliphatic rings. The zero-order valence-corrected chi connectivity index (χ0v) is 16.2. The van der Waals surface area contributed by atoms with Gasteiger partial charge < -0.3 is 29.6 Å². The van der Waals surface area contributed by atoms with Crippen molar-refractivity contribution in [3.63, 3.8) is 0 Å². The molecule has 0 unspecified atom stereocenters. The van der Waals surface area contributed by atoms with Crippen LogP contribution >= 0.6 is 0 Å². The highest BCUT2D eigenvalue weighted by atomic mass is 16.7. The Kier molecular flexibility index (Phi) is 4.92. The molecule has 0 fully saturated rings. The van der Waals surface area contributed by atoms with E-state index < -0.39 is 0 Å². The number of nitrogens with one attached hydrogen (secondary N) is 2. The van der Waals surface area contributed by atoms with Crippen LogP contribution in [0.1, 0.15) is 34.6 Å². The zero-order valence-electron chi connectivity index (χ0n) is 16.2. The van der Waals surface area contributed by atoms with Gasteiger partial charge in [-0.15, -0.1) is 0 Å². The highest BCUT2D eigenvalue weighted by molar-refractivity contribution is 5.95. The molecular formula is C21H22N2O6. The van der Waals surface area contributed by atoms with Crippen molar-refractivity contribution in [2.45, 2.75) is 13.8 Å². The zero-order chi connectivity index (χ0) is 20.4. The van der Waals surface area contributed by atoms with Crippen LogP contribution in [0.15, 0.2) is 36.4 Å². The Morgan fingerprint density at radius 3 is 1.62 bits per heavy atom. The summed E-state index contributed by atoms with van der Waals surface area (Å²) >= 11 is 0. The lowest BCUT2D eigenvalue weighted by Crippen LogP contribution is -2.42. The average molecular weight is 398 g/mol. The van der Waals surface area contributed by atoms with Crippen LogP contribution in [0, 0.1) is 5.41 Å². The summed E-state index contributed by atoms with van der Waals surface area (Å²) in [5, 5.41) is 5.81. The predicted octanol–water partition coefficient (Wildman–Crippen LogP) is 2.33. The van der Waals surface area contributed by atoms with Crippen molar-refractivity contribution in [2.24, 2.45) is 5.41 Å². The molecule has 0 radical (unpaired) electrons. The highest BCUT2D eigenvalue weighted by Crippen LogP contribution is 2.33. The lowest BCUT2D eigenvalue weighted by molar-refractivity contribution is 0.0919. The van der Waals surface area contributed by atoms with Gasteiger partial charge in [0.1, 0.15) is 0 Å². The standard InChI is InChI=1S/C21H22N2O6/c1-21(2,9-22-19(24)13-3-5-15-17(7-13)28-11-26-15)10-23-20(25)14-4-6-16-18(8-14)29-12-27-16/h3-8H,9-12H2,1-2H3,(H,22,24)(H,23,25). The lowest BCUT2D eigenvalue weighted by atomic mass is 9.93. The molecule has 2 heterocycles. The van der Waals surface area contributed by atoms with Crippen LogP contribution in [-0.2, 0) is 0 Å². The van der Waals surface area contributed by atoms with E-state index in [4.69, 9.17) is 18.9 Å². The van der Waals surface area contributed by atoms with Crippen LogP contribution in [-0.4, -0.2) is 38.5 Å². The first kappa shape index (κ1) is 18.9. The van der Waals surface area contributed by atoms with Gasteiger partial charge in [0, 0.05) is 24.2 Å². The third-order valence-electron chi connectivity index (χ3n) is 4.72. The molecular weight excluding hydrogens is 376 g/mol. The molecule has 8 heteroatoms. The van der Waals surface area contributed by atoms with Crippen molar-refractivity contribution >= 4 is 11.8 Å². The molecule has 8 nitrogen and oxygen atoms in total. The second-order valence-electron chi connectivity index (χ2n) is 7.67. The number of hydrogen-bond acceptors (Lipinski definition) is 6. The molecule has 0 saturated carbocycles. The molecule has 152 valence electrons. The van der Waals surface area contributed by atoms with E-state index in [1.54, 1.807) is 36.4 Å². The molecule has 2 aromatic carbocycles. The van der Waals surface area contributed by atoms with Gasteiger partial charge in [0.05, 0.1) is 0 Å². The summed E-state index contributed by atoms with van der Waals surface area (Å²) in [6.07, 6.45) is 0. The summed E-state index contributed by atoms with van der Waals surface area (Å²) in [6, 6.07) is 10.1. The number of carbonyl (C=O) groups is 2. The topological polar surface area (TPSA) is 95.1 Å². The molecule has 2 amide bonds. The van der Waals surface area contributed by atoms with Gasteiger partial charge in [-0.25, -0.2) is 0 Å². The number of rotatable bonds is 6. The summed E-state index contributed by atoms with van der Waals surface area (Å²) in [5.74, 6) is 1.97. The quantitative estimate of drug-likeness (QED) is 0.776. The first-order valence-electron chi connectivity index (χ1n) is 9.27. The Hall–Kier alpha value is -3.42. The third-order valence-corrected chi connectivity index (χ3v) is 4.72. The summed E-state index contributed by atoms with van der Waals surface area (Å²) in [7, 11) is 0. The van der Waals surface area contributed by atoms with E-state index in [9.17, 15) is 9.59 Å². The van der Waals surface area contributed by atoms with Crippen molar-refractivity contribution in [3.8, 4) is 23.0 Å². The SMILES string of the molecule is CC(C)(CNC(=O)c1ccc2c(c1)OCO2)CNC(=O)c1ccc2c(c1)OCO2. The van der Waals surface area contributed by atoms with Crippen molar-refractivity contribution in [2.75, 3.05) is 26.7 Å². The molecule has 2 aromatic rings. The second kappa shape index (κ2) is 7.54. The van der Waals surface area contributed by atoms with Gasteiger partial charge >= 0.3 is 0 Å². The summed E-state index contributed by atoms with van der Waals surface area (Å²) < 4.78 is 21.1. The van der Waals surface area contributed by atoms with Gasteiger partial charge in [0.25, 0.3) is 11.8 Å². The van der Waals surface area contributed by atoms with E-state index in [-0.39, 0.29) is 30.8 Å². The minimum atomic E-state index is -0.349. The smallest absolute Gasteiger partial charge is 0.251 e. The van der Waals surface area contributed by atoms with Gasteiger partial charge in [-0.05, 0) is 41.8 Å². The third kappa shape index (κ3) is 4.21. The van der Waals surface area contributed by atoms with Gasteiger partial charge in [-0.2, -0.15) is 0 Å². The van der Waals surface area contributed by atoms with E-state index in [1.165, 1.54) is 0 Å². The van der Waals surface area contributed by atoms with E-state index in [0.29, 0.717) is 47.2 Å². The van der Waals surface area contributed by atoms with E-state index >= 15 is 0 Å². The number of benzene rings is 2. The van der Waals surface area contributed by atoms with Gasteiger partial charge in [0.2, 0.25) is 13.6 Å². The summed E-state index contributed by atoms with van der Waals surface area (Å²) in [6.45, 7) is 5.04. The number of hydrogen-bond donors (Lipinski definition) is 2. The Morgan fingerprint density at radius 2 is 1.17 bits per heavy atom. The molecule has 0 spiro atoms. The summed E-state index contributed by atoms with van der Waals surface area (Å²) in [4.78, 5) is 24.9. The number of amides is 2. The Bertz CT molecular complexity index is 881. The first-order valence-corrected chi connectivity index (χ1v) is 9.27. The average Bonchev–Trinajstić information content (AvgIpc) is 3.38. The Morgan fingerprint density at radius 1 is 0.759 bits per heavy atom. The van der Waals surface area contributed by atoms with Crippen molar-refractivity contribution in [1.29, 1.82) is 0 Å². The number of fused-ring (bicyclic) bond motifs is 2. The normalized spacial score (nSPS) is 13.9. The van der Waals surface area contributed by atoms with Crippen molar-refractivity contribution in [3.05, 3.63) is 47.5 Å². The maximum Gasteiger partial charge on any atom is 0.251 e. The molecule has 0 saturated heterocycles. The lowest BCUT2D eigenvalue weighted by Gasteiger charge is -2.25. The van der Waals surface area contributed by atoms with E-state index in [2.05, 4.69) is 10.6 Å². The molecule has 2 aliphatic heterocycles. The fourth-order valence-electron chi connectivity index (χ4n) is 2.98. The Balaban J connectivity index is 1.29. The fourth-order valence-corrected chi connectivity index (χ4v) is 2.98. The van der Waals surface area contributed by atoms with Gasteiger partial charge in [-0.3, -0.25) is 9.59 Å². The van der Waals surface area contributed by atoms with Crippen LogP contribution in [0.3, 0.4) is 0 Å². The van der Waals surface area contributed by atoms with Crippen molar-refractivity contribution in [1.82, 2.24) is 10.6 Å². The molecule has 0 bridgehead atoms. The summed E-state index contributed by atoms with van der Waals surface area (Å²) in [5.41, 5.74) is 0.641. The second-order valence-corrected chi connectivity index (χ2v) is 7.67. The van der Waals surface area contributed by atoms with Crippen LogP contribution in [0.25, 0.3) is 0 Å². The minimum Gasteiger partial charge on any atom is -0.454 e. The molecule has 0 aliphatic carbocycles. The number of ether oxygens (including phenoxy) is 4. The maximum absolute atomic E-state index is 12.4. The maximum atomic E-state index is 12.4. The molecule has 2 N–H and O–H groups in total. The first-order chi connectivity index (χ1) is 13.9. The molecule has 0 atom stereocenters. The molecule has 4 rings (SSSR count). The predicted molar refractivity (Wildman–Crippen MR) is 104 cm³/mol. The van der Waals surface area contributed by atoms with Crippen molar-refractivity contribution < 1.29 is 28.5 Å². The highest BCUT2D eigenvalue weighted by Gasteiger charge is 2.23. The Labute approximate surface area is 168 Å². The number of carbonyl (C=O) groups excluding carboxylic acids is 2. The van der Waals surface area contributed by atoms with E-state index in [0.717, 1.165) is 0 Å². The largest absolute Gasteiger partial charge is 0.454 e.